The van der Waals surface area contributed by atoms with E-state index in [0.717, 1.165) is 18.2 Å². The average Bonchev–Trinajstić information content (AvgIpc) is 2.80. The number of carbonyl (C=O) groups excluding carboxylic acids is 2. The maximum absolute atomic E-state index is 13.4. The zero-order valence-corrected chi connectivity index (χ0v) is 20.5. The van der Waals surface area contributed by atoms with Crippen molar-refractivity contribution in [2.75, 3.05) is 4.72 Å². The summed E-state index contributed by atoms with van der Waals surface area (Å²) >= 11 is 0. The van der Waals surface area contributed by atoms with Gasteiger partial charge in [-0.3, -0.25) is 24.4 Å². The van der Waals surface area contributed by atoms with Crippen molar-refractivity contribution in [1.82, 2.24) is 0 Å². The summed E-state index contributed by atoms with van der Waals surface area (Å²) in [5, 5.41) is 22.0. The number of hydrogen-bond acceptors (Lipinski definition) is 7. The van der Waals surface area contributed by atoms with E-state index in [4.69, 9.17) is 0 Å². The Bertz CT molecular complexity index is 1530. The Kier molecular flexibility index (Phi) is 7.31. The van der Waals surface area contributed by atoms with Crippen LogP contribution in [0.2, 0.25) is 0 Å². The highest BCUT2D eigenvalue weighted by atomic mass is 32.2. The van der Waals surface area contributed by atoms with E-state index in [1.54, 1.807) is 0 Å². The molecule has 0 aliphatic heterocycles. The van der Waals surface area contributed by atoms with E-state index < -0.39 is 66.4 Å². The maximum atomic E-state index is 13.4. The summed E-state index contributed by atoms with van der Waals surface area (Å²) < 4.78 is 68.7. The van der Waals surface area contributed by atoms with Crippen LogP contribution in [0.4, 0.5) is 24.5 Å². The number of Topliss-reactive ketones (excluding diaryl/α,β-unsaturated/α-hetero) is 2. The van der Waals surface area contributed by atoms with Crippen LogP contribution >= 0.6 is 0 Å². The van der Waals surface area contributed by atoms with Gasteiger partial charge in [0.1, 0.15) is 11.7 Å². The van der Waals surface area contributed by atoms with E-state index in [2.05, 4.69) is 4.72 Å². The molecule has 0 amide bonds. The van der Waals surface area contributed by atoms with E-state index >= 15 is 0 Å². The fraction of sp³-hybridized carbons (Fsp3) is 0.250. The van der Waals surface area contributed by atoms with Crippen LogP contribution in [0.1, 0.15) is 30.9 Å². The summed E-state index contributed by atoms with van der Waals surface area (Å²) in [6.07, 6.45) is -5.42. The van der Waals surface area contributed by atoms with Gasteiger partial charge in [-0.05, 0) is 19.1 Å². The van der Waals surface area contributed by atoms with Crippen LogP contribution in [-0.2, 0) is 19.6 Å². The molecule has 37 heavy (non-hydrogen) atoms. The van der Waals surface area contributed by atoms with Crippen LogP contribution in [0.3, 0.4) is 0 Å². The number of anilines is 1. The number of nitrogens with one attached hydrogen (secondary N) is 1. The molecule has 3 aromatic carbocycles. The Morgan fingerprint density at radius 1 is 1.05 bits per heavy atom. The second kappa shape index (κ2) is 9.81. The first-order chi connectivity index (χ1) is 17.1. The summed E-state index contributed by atoms with van der Waals surface area (Å²) in [4.78, 5) is 35.0. The second-order valence-electron chi connectivity index (χ2n) is 8.57. The smallest absolute Gasteiger partial charge is 0.451 e. The van der Waals surface area contributed by atoms with Crippen molar-refractivity contribution in [2.24, 2.45) is 5.92 Å². The van der Waals surface area contributed by atoms with E-state index in [0.29, 0.717) is 0 Å². The lowest BCUT2D eigenvalue weighted by Gasteiger charge is -2.22. The molecule has 0 saturated heterocycles. The third-order valence-electron chi connectivity index (χ3n) is 5.68. The standard InChI is InChI=1S/C24H21F3N2O7S/c1-12(2)21(30)20(23(32)24(25,26)27)17-11-18(15-6-4-5-7-16(15)22(17)31)28-37(35,36)14-9-8-13(3)19(10-14)29(33)34/h4-12,20,28,31H,1-3H3/t20-/m0/s1. The third-order valence-corrected chi connectivity index (χ3v) is 7.05. The second-order valence-corrected chi connectivity index (χ2v) is 10.3. The number of benzene rings is 3. The SMILES string of the molecule is Cc1ccc(S(=O)(=O)Nc2cc([C@@H](C(=O)C(C)C)C(=O)C(F)(F)F)c(O)c3ccccc23)cc1[N+](=O)[O-]. The quantitative estimate of drug-likeness (QED) is 0.178. The van der Waals surface area contributed by atoms with Crippen molar-refractivity contribution in [1.29, 1.82) is 0 Å². The first-order valence-electron chi connectivity index (χ1n) is 10.7. The number of carbonyl (C=O) groups is 2. The van der Waals surface area contributed by atoms with Crippen LogP contribution in [0, 0.1) is 23.0 Å². The van der Waals surface area contributed by atoms with E-state index in [-0.39, 0.29) is 22.0 Å². The highest BCUT2D eigenvalue weighted by Gasteiger charge is 2.48. The number of fused-ring (bicyclic) bond motifs is 1. The summed E-state index contributed by atoms with van der Waals surface area (Å²) in [6.45, 7) is 3.97. The summed E-state index contributed by atoms with van der Waals surface area (Å²) in [6, 6.07) is 9.45. The normalized spacial score (nSPS) is 12.9. The molecule has 0 heterocycles. The number of rotatable bonds is 8. The van der Waals surface area contributed by atoms with E-state index in [1.165, 1.54) is 51.1 Å². The zero-order chi connectivity index (χ0) is 27.9. The van der Waals surface area contributed by atoms with Gasteiger partial charge in [-0.25, -0.2) is 8.42 Å². The molecule has 0 spiro atoms. The zero-order valence-electron chi connectivity index (χ0n) is 19.7. The van der Waals surface area contributed by atoms with Crippen LogP contribution < -0.4 is 4.72 Å². The van der Waals surface area contributed by atoms with Gasteiger partial charge in [0.15, 0.2) is 5.78 Å². The minimum atomic E-state index is -5.42. The molecule has 3 aromatic rings. The molecule has 0 bridgehead atoms. The van der Waals surface area contributed by atoms with Gasteiger partial charge in [-0.2, -0.15) is 13.2 Å². The first kappa shape index (κ1) is 27.6. The molecule has 0 unspecified atom stereocenters. The molecule has 0 aliphatic rings. The Labute approximate surface area is 209 Å². The van der Waals surface area contributed by atoms with E-state index in [9.17, 15) is 46.4 Å². The van der Waals surface area contributed by atoms with Crippen LogP contribution in [0.25, 0.3) is 10.8 Å². The van der Waals surface area contributed by atoms with Gasteiger partial charge in [-0.15, -0.1) is 0 Å². The number of aromatic hydroxyl groups is 1. The van der Waals surface area contributed by atoms with Crippen molar-refractivity contribution in [3.05, 3.63) is 69.8 Å². The molecule has 1 atom stereocenters. The number of halogens is 3. The number of phenols is 1. The number of nitro groups is 1. The Morgan fingerprint density at radius 2 is 1.65 bits per heavy atom. The fourth-order valence-corrected chi connectivity index (χ4v) is 4.85. The number of nitro benzene ring substituents is 1. The molecular formula is C24H21F3N2O7S. The van der Waals surface area contributed by atoms with Gasteiger partial charge in [-0.1, -0.05) is 44.2 Å². The largest absolute Gasteiger partial charge is 0.507 e. The lowest BCUT2D eigenvalue weighted by molar-refractivity contribution is -0.385. The Morgan fingerprint density at radius 3 is 2.19 bits per heavy atom. The minimum absolute atomic E-state index is 0.0455. The summed E-state index contributed by atoms with van der Waals surface area (Å²) in [5.74, 6) is -7.82. The fourth-order valence-electron chi connectivity index (χ4n) is 3.76. The predicted molar refractivity (Wildman–Crippen MR) is 128 cm³/mol. The maximum Gasteiger partial charge on any atom is 0.451 e. The molecule has 0 saturated carbocycles. The minimum Gasteiger partial charge on any atom is -0.507 e. The Hall–Kier alpha value is -4.00. The number of alkyl halides is 3. The lowest BCUT2D eigenvalue weighted by Crippen LogP contribution is -2.35. The molecule has 0 radical (unpaired) electrons. The molecule has 0 aromatic heterocycles. The van der Waals surface area contributed by atoms with Gasteiger partial charge >= 0.3 is 6.18 Å². The number of ketones is 2. The van der Waals surface area contributed by atoms with Crippen molar-refractivity contribution in [2.45, 2.75) is 37.8 Å². The molecular weight excluding hydrogens is 517 g/mol. The molecule has 0 fully saturated rings. The number of phenolic OH excluding ortho intramolecular Hbond substituents is 1. The molecule has 2 N–H and O–H groups in total. The monoisotopic (exact) mass is 538 g/mol. The van der Waals surface area contributed by atoms with Crippen molar-refractivity contribution in [3.63, 3.8) is 0 Å². The molecule has 3 rings (SSSR count). The van der Waals surface area contributed by atoms with Crippen LogP contribution in [0.5, 0.6) is 5.75 Å². The first-order valence-corrected chi connectivity index (χ1v) is 12.2. The third kappa shape index (κ3) is 5.40. The van der Waals surface area contributed by atoms with E-state index in [1.807, 2.05) is 0 Å². The average molecular weight is 539 g/mol. The van der Waals surface area contributed by atoms with Gasteiger partial charge in [0.25, 0.3) is 21.5 Å². The molecule has 196 valence electrons. The Balaban J connectivity index is 2.27. The predicted octanol–water partition coefficient (Wildman–Crippen LogP) is 5.00. The van der Waals surface area contributed by atoms with Gasteiger partial charge in [0.2, 0.25) is 0 Å². The summed E-state index contributed by atoms with van der Waals surface area (Å²) in [7, 11) is -4.55. The topological polar surface area (TPSA) is 144 Å². The van der Waals surface area contributed by atoms with Gasteiger partial charge < -0.3 is 5.11 Å². The number of aryl methyl sites for hydroxylation is 1. The highest BCUT2D eigenvalue weighted by Crippen LogP contribution is 2.42. The lowest BCUT2D eigenvalue weighted by atomic mass is 9.83. The number of hydrogen-bond donors (Lipinski definition) is 2. The van der Waals surface area contributed by atoms with Crippen LogP contribution in [0.15, 0.2) is 53.4 Å². The molecule has 13 heteroatoms. The van der Waals surface area contributed by atoms with Crippen molar-refractivity contribution >= 4 is 43.7 Å². The van der Waals surface area contributed by atoms with Gasteiger partial charge in [0, 0.05) is 33.9 Å². The highest BCUT2D eigenvalue weighted by molar-refractivity contribution is 7.92. The molecule has 9 nitrogen and oxygen atoms in total. The number of nitrogens with zero attached hydrogens (tertiary/aromatic N) is 1. The molecule has 0 aliphatic carbocycles. The summed E-state index contributed by atoms with van der Waals surface area (Å²) in [5.41, 5.74) is -1.35. The van der Waals surface area contributed by atoms with Gasteiger partial charge in [0.05, 0.1) is 15.5 Å². The number of sulfonamides is 1. The van der Waals surface area contributed by atoms with Crippen molar-refractivity contribution < 1.29 is 41.2 Å². The van der Waals surface area contributed by atoms with Crippen LogP contribution in [-0.4, -0.2) is 36.2 Å². The van der Waals surface area contributed by atoms with Crippen molar-refractivity contribution in [3.8, 4) is 5.75 Å².